The first-order chi connectivity index (χ1) is 11.3. The zero-order chi connectivity index (χ0) is 15.9. The van der Waals surface area contributed by atoms with Crippen molar-refractivity contribution < 1.29 is 4.79 Å². The van der Waals surface area contributed by atoms with Crippen LogP contribution in [0.5, 0.6) is 0 Å². The fourth-order valence-electron chi connectivity index (χ4n) is 2.19. The molecule has 0 bridgehead atoms. The van der Waals surface area contributed by atoms with Gasteiger partial charge in [0.25, 0.3) is 0 Å². The van der Waals surface area contributed by atoms with E-state index in [0.717, 1.165) is 15.5 Å². The van der Waals surface area contributed by atoms with Crippen LogP contribution in [-0.4, -0.2) is 16.6 Å². The Labute approximate surface area is 143 Å². The van der Waals surface area contributed by atoms with Crippen molar-refractivity contribution in [2.24, 2.45) is 0 Å². The molecule has 116 valence electrons. The normalized spacial score (nSPS) is 11.8. The summed E-state index contributed by atoms with van der Waals surface area (Å²) in [4.78, 5) is 17.7. The molecule has 5 heteroatoms. The van der Waals surface area contributed by atoms with Crippen LogP contribution in [0.2, 0.25) is 0 Å². The summed E-state index contributed by atoms with van der Waals surface area (Å²) in [5.41, 5.74) is 1.09. The highest BCUT2D eigenvalue weighted by atomic mass is 32.2. The van der Waals surface area contributed by atoms with Gasteiger partial charge < -0.3 is 5.32 Å². The molecule has 3 rings (SSSR count). The van der Waals surface area contributed by atoms with Crippen LogP contribution in [0.15, 0.2) is 77.3 Å². The molecule has 0 aliphatic carbocycles. The minimum atomic E-state index is -0.104. The van der Waals surface area contributed by atoms with Gasteiger partial charge in [0.05, 0.1) is 16.8 Å². The summed E-state index contributed by atoms with van der Waals surface area (Å²) in [7, 11) is 0. The molecule has 0 unspecified atom stereocenters. The SMILES string of the molecule is O=C(CSc1ccccn1)N[C@@H](c1ccccc1)c1cccs1. The molecule has 0 spiro atoms. The number of rotatable bonds is 6. The molecule has 3 nitrogen and oxygen atoms in total. The Balaban J connectivity index is 1.68. The van der Waals surface area contributed by atoms with Gasteiger partial charge in [-0.1, -0.05) is 54.2 Å². The van der Waals surface area contributed by atoms with Gasteiger partial charge in [0.2, 0.25) is 5.91 Å². The Hall–Kier alpha value is -2.11. The summed E-state index contributed by atoms with van der Waals surface area (Å²) in [6, 6.07) is 19.7. The average molecular weight is 340 g/mol. The largest absolute Gasteiger partial charge is 0.344 e. The molecule has 3 aromatic rings. The molecule has 2 heterocycles. The smallest absolute Gasteiger partial charge is 0.231 e. The standard InChI is InChI=1S/C18H16N2OS2/c21-16(13-23-17-10-4-5-11-19-17)20-18(15-9-6-12-22-15)14-7-2-1-3-8-14/h1-12,18H,13H2,(H,20,21)/t18-/m0/s1. The van der Waals surface area contributed by atoms with Gasteiger partial charge in [-0.05, 0) is 29.1 Å². The highest BCUT2D eigenvalue weighted by Gasteiger charge is 2.17. The number of pyridine rings is 1. The lowest BCUT2D eigenvalue weighted by Gasteiger charge is -2.18. The second-order valence-corrected chi connectivity index (χ2v) is 6.86. The molecular weight excluding hydrogens is 324 g/mol. The number of benzene rings is 1. The Kier molecular flexibility index (Phi) is 5.45. The van der Waals surface area contributed by atoms with Crippen molar-refractivity contribution in [2.75, 3.05) is 5.75 Å². The van der Waals surface area contributed by atoms with Crippen LogP contribution in [0.1, 0.15) is 16.5 Å². The van der Waals surface area contributed by atoms with E-state index in [9.17, 15) is 4.79 Å². The van der Waals surface area contributed by atoms with Crippen molar-refractivity contribution in [1.29, 1.82) is 0 Å². The van der Waals surface area contributed by atoms with E-state index in [0.29, 0.717) is 5.75 Å². The molecule has 23 heavy (non-hydrogen) atoms. The van der Waals surface area contributed by atoms with Crippen molar-refractivity contribution in [1.82, 2.24) is 10.3 Å². The van der Waals surface area contributed by atoms with Crippen molar-refractivity contribution in [3.63, 3.8) is 0 Å². The van der Waals surface area contributed by atoms with Gasteiger partial charge in [-0.25, -0.2) is 4.98 Å². The summed E-state index contributed by atoms with van der Waals surface area (Å²) in [6.07, 6.45) is 1.73. The number of carbonyl (C=O) groups is 1. The van der Waals surface area contributed by atoms with Crippen molar-refractivity contribution in [3.05, 3.63) is 82.7 Å². The van der Waals surface area contributed by atoms with Gasteiger partial charge in [-0.3, -0.25) is 4.79 Å². The number of nitrogens with one attached hydrogen (secondary N) is 1. The Morgan fingerprint density at radius 1 is 1.09 bits per heavy atom. The third-order valence-electron chi connectivity index (χ3n) is 3.25. The van der Waals surface area contributed by atoms with E-state index in [-0.39, 0.29) is 11.9 Å². The molecule has 0 aliphatic rings. The zero-order valence-corrected chi connectivity index (χ0v) is 14.0. The van der Waals surface area contributed by atoms with Crippen LogP contribution in [0.25, 0.3) is 0 Å². The first-order valence-electron chi connectivity index (χ1n) is 7.24. The highest BCUT2D eigenvalue weighted by molar-refractivity contribution is 7.99. The molecule has 0 radical (unpaired) electrons. The number of aromatic nitrogens is 1. The second-order valence-electron chi connectivity index (χ2n) is 4.88. The van der Waals surface area contributed by atoms with Crippen LogP contribution in [0.3, 0.4) is 0 Å². The van der Waals surface area contributed by atoms with E-state index in [4.69, 9.17) is 0 Å². The molecule has 2 aromatic heterocycles. The fourth-order valence-corrected chi connectivity index (χ4v) is 3.67. The quantitative estimate of drug-likeness (QED) is 0.686. The summed E-state index contributed by atoms with van der Waals surface area (Å²) < 4.78 is 0. The van der Waals surface area contributed by atoms with E-state index in [1.165, 1.54) is 11.8 Å². The Bertz CT molecular complexity index is 730. The third kappa shape index (κ3) is 4.43. The molecule has 0 aliphatic heterocycles. The average Bonchev–Trinajstić information content (AvgIpc) is 3.14. The second kappa shape index (κ2) is 7.94. The number of hydrogen-bond acceptors (Lipinski definition) is 4. The fraction of sp³-hybridized carbons (Fsp3) is 0.111. The first-order valence-corrected chi connectivity index (χ1v) is 9.11. The molecule has 1 N–H and O–H groups in total. The van der Waals surface area contributed by atoms with Crippen LogP contribution in [0.4, 0.5) is 0 Å². The van der Waals surface area contributed by atoms with Crippen molar-refractivity contribution in [2.45, 2.75) is 11.1 Å². The van der Waals surface area contributed by atoms with E-state index in [1.807, 2.05) is 60.0 Å². The lowest BCUT2D eigenvalue weighted by atomic mass is 10.1. The van der Waals surface area contributed by atoms with Gasteiger partial charge in [0.1, 0.15) is 0 Å². The molecular formula is C18H16N2OS2. The number of nitrogens with zero attached hydrogens (tertiary/aromatic N) is 1. The maximum Gasteiger partial charge on any atom is 0.231 e. The van der Waals surface area contributed by atoms with E-state index < -0.39 is 0 Å². The van der Waals surface area contributed by atoms with Gasteiger partial charge >= 0.3 is 0 Å². The molecule has 0 fully saturated rings. The van der Waals surface area contributed by atoms with Crippen LogP contribution >= 0.6 is 23.1 Å². The summed E-state index contributed by atoms with van der Waals surface area (Å²) in [6.45, 7) is 0. The summed E-state index contributed by atoms with van der Waals surface area (Å²) >= 11 is 3.09. The van der Waals surface area contributed by atoms with Crippen molar-refractivity contribution >= 4 is 29.0 Å². The highest BCUT2D eigenvalue weighted by Crippen LogP contribution is 2.26. The zero-order valence-electron chi connectivity index (χ0n) is 12.4. The van der Waals surface area contributed by atoms with Gasteiger partial charge in [0.15, 0.2) is 0 Å². The number of thiophene rings is 1. The van der Waals surface area contributed by atoms with E-state index in [2.05, 4.69) is 16.4 Å². The molecule has 1 aromatic carbocycles. The van der Waals surface area contributed by atoms with E-state index >= 15 is 0 Å². The van der Waals surface area contributed by atoms with Crippen molar-refractivity contribution in [3.8, 4) is 0 Å². The molecule has 0 saturated heterocycles. The summed E-state index contributed by atoms with van der Waals surface area (Å²) in [5, 5.41) is 6.01. The number of hydrogen-bond donors (Lipinski definition) is 1. The molecule has 1 amide bonds. The topological polar surface area (TPSA) is 42.0 Å². The van der Waals surface area contributed by atoms with Gasteiger partial charge in [0, 0.05) is 11.1 Å². The number of carbonyl (C=O) groups excluding carboxylic acids is 1. The van der Waals surface area contributed by atoms with Gasteiger partial charge in [-0.15, -0.1) is 11.3 Å². The van der Waals surface area contributed by atoms with Crippen LogP contribution in [0, 0.1) is 0 Å². The Morgan fingerprint density at radius 3 is 2.61 bits per heavy atom. The minimum absolute atomic E-state index is 0.00269. The Morgan fingerprint density at radius 2 is 1.91 bits per heavy atom. The molecule has 0 saturated carbocycles. The predicted molar refractivity (Wildman–Crippen MR) is 95.7 cm³/mol. The number of thioether (sulfide) groups is 1. The summed E-state index contributed by atoms with van der Waals surface area (Å²) in [5.74, 6) is 0.356. The maximum absolute atomic E-state index is 12.3. The maximum atomic E-state index is 12.3. The lowest BCUT2D eigenvalue weighted by Crippen LogP contribution is -2.30. The van der Waals surface area contributed by atoms with Gasteiger partial charge in [-0.2, -0.15) is 0 Å². The lowest BCUT2D eigenvalue weighted by molar-refractivity contribution is -0.119. The van der Waals surface area contributed by atoms with E-state index in [1.54, 1.807) is 17.5 Å². The molecule has 1 atom stereocenters. The third-order valence-corrected chi connectivity index (χ3v) is 5.14. The first kappa shape index (κ1) is 15.8. The predicted octanol–water partition coefficient (Wildman–Crippen LogP) is 4.14. The number of amides is 1. The van der Waals surface area contributed by atoms with Crippen LogP contribution in [-0.2, 0) is 4.79 Å². The monoisotopic (exact) mass is 340 g/mol. The van der Waals surface area contributed by atoms with Crippen LogP contribution < -0.4 is 5.32 Å². The minimum Gasteiger partial charge on any atom is -0.344 e.